The highest BCUT2D eigenvalue weighted by Crippen LogP contribution is 2.13. The third kappa shape index (κ3) is 59.5. The second-order valence-electron chi connectivity index (χ2n) is 18.8. The van der Waals surface area contributed by atoms with E-state index >= 15 is 0 Å². The molecule has 418 valence electrons. The number of carbonyl (C=O) groups excluding carboxylic acids is 3. The molecule has 0 fully saturated rings. The van der Waals surface area contributed by atoms with Gasteiger partial charge < -0.3 is 14.2 Å². The summed E-state index contributed by atoms with van der Waals surface area (Å²) < 4.78 is 16.7. The molecule has 0 aromatic heterocycles. The van der Waals surface area contributed by atoms with E-state index in [2.05, 4.69) is 191 Å². The number of rotatable bonds is 51. The molecule has 0 aromatic rings. The van der Waals surface area contributed by atoms with Crippen molar-refractivity contribution in [1.82, 2.24) is 0 Å². The van der Waals surface area contributed by atoms with Gasteiger partial charge in [-0.05, 0) is 122 Å². The number of hydrogen-bond donors (Lipinski definition) is 0. The highest BCUT2D eigenvalue weighted by molar-refractivity contribution is 5.71. The standard InChI is InChI=1S/C69H106O6/c1-4-7-10-13-16-19-22-24-26-28-30-32-34-36-38-40-42-44-47-50-53-56-59-62-68(71)74-65-66(64-73-67(70)61-58-55-52-49-46-21-18-15-12-9-6-3)75-69(72)63-60-57-54-51-48-45-43-41-39-37-35-33-31-29-27-25-23-20-17-14-11-8-5-2/h7-8,10-11,16-17,19-20,24-27,30-33,36-39,42-45,50-51,53-54,66H,4-6,9,12-15,18,21-23,28-29,34-35,40-41,46-49,52,55-65H2,1-3H3/b10-7-,11-8-,19-16-,20-17-,26-24-,27-25-,32-30-,33-31-,38-36-,39-37-,44-42-,45-43-,53-50-,54-51-. The zero-order chi connectivity index (χ0) is 54.3. The summed E-state index contributed by atoms with van der Waals surface area (Å²) in [6, 6.07) is 0. The monoisotopic (exact) mass is 1030 g/mol. The molecule has 0 amide bonds. The summed E-state index contributed by atoms with van der Waals surface area (Å²) in [7, 11) is 0. The molecule has 0 aliphatic carbocycles. The predicted molar refractivity (Wildman–Crippen MR) is 325 cm³/mol. The van der Waals surface area contributed by atoms with Crippen LogP contribution in [0.25, 0.3) is 0 Å². The van der Waals surface area contributed by atoms with Crippen LogP contribution < -0.4 is 0 Å². The van der Waals surface area contributed by atoms with E-state index in [0.717, 1.165) is 122 Å². The Balaban J connectivity index is 4.57. The van der Waals surface area contributed by atoms with Gasteiger partial charge in [-0.25, -0.2) is 0 Å². The Kier molecular flexibility index (Phi) is 57.0. The molecule has 0 spiro atoms. The Morgan fingerprint density at radius 1 is 0.280 bits per heavy atom. The van der Waals surface area contributed by atoms with Gasteiger partial charge in [0.25, 0.3) is 0 Å². The summed E-state index contributed by atoms with van der Waals surface area (Å²) in [5.41, 5.74) is 0. The molecule has 0 radical (unpaired) electrons. The van der Waals surface area contributed by atoms with Gasteiger partial charge in [0.1, 0.15) is 13.2 Å². The van der Waals surface area contributed by atoms with Crippen molar-refractivity contribution >= 4 is 17.9 Å². The van der Waals surface area contributed by atoms with E-state index in [1.165, 1.54) is 51.4 Å². The quantitative estimate of drug-likeness (QED) is 0.0261. The fourth-order valence-electron chi connectivity index (χ4n) is 7.36. The van der Waals surface area contributed by atoms with Crippen molar-refractivity contribution < 1.29 is 28.6 Å². The van der Waals surface area contributed by atoms with Gasteiger partial charge in [0, 0.05) is 19.3 Å². The second-order valence-corrected chi connectivity index (χ2v) is 18.8. The summed E-state index contributed by atoms with van der Waals surface area (Å²) in [6.07, 6.45) is 90.7. The van der Waals surface area contributed by atoms with Gasteiger partial charge >= 0.3 is 17.9 Å². The molecule has 0 heterocycles. The van der Waals surface area contributed by atoms with Crippen molar-refractivity contribution in [3.05, 3.63) is 170 Å². The third-order valence-electron chi connectivity index (χ3n) is 11.7. The number of carbonyl (C=O) groups is 3. The van der Waals surface area contributed by atoms with Gasteiger partial charge in [0.15, 0.2) is 6.10 Å². The maximum Gasteiger partial charge on any atom is 0.306 e. The van der Waals surface area contributed by atoms with E-state index in [0.29, 0.717) is 19.3 Å². The summed E-state index contributed by atoms with van der Waals surface area (Å²) in [5.74, 6) is -1.06. The van der Waals surface area contributed by atoms with Crippen LogP contribution in [0.2, 0.25) is 0 Å². The number of unbranched alkanes of at least 4 members (excludes halogenated alkanes) is 12. The molecule has 0 rings (SSSR count). The normalized spacial score (nSPS) is 13.4. The van der Waals surface area contributed by atoms with Crippen molar-refractivity contribution in [3.63, 3.8) is 0 Å². The molecule has 0 saturated heterocycles. The van der Waals surface area contributed by atoms with E-state index in [1.54, 1.807) is 0 Å². The summed E-state index contributed by atoms with van der Waals surface area (Å²) in [4.78, 5) is 38.1. The summed E-state index contributed by atoms with van der Waals surface area (Å²) >= 11 is 0. The molecule has 0 aromatic carbocycles. The minimum Gasteiger partial charge on any atom is -0.462 e. The van der Waals surface area contributed by atoms with Crippen LogP contribution >= 0.6 is 0 Å². The molecule has 1 unspecified atom stereocenters. The average Bonchev–Trinajstić information content (AvgIpc) is 3.41. The first-order valence-corrected chi connectivity index (χ1v) is 29.6. The molecule has 0 bridgehead atoms. The Labute approximate surface area is 460 Å². The summed E-state index contributed by atoms with van der Waals surface area (Å²) in [5, 5.41) is 0. The van der Waals surface area contributed by atoms with Gasteiger partial charge in [0.05, 0.1) is 0 Å². The van der Waals surface area contributed by atoms with Gasteiger partial charge in [-0.3, -0.25) is 14.4 Å². The van der Waals surface area contributed by atoms with Crippen LogP contribution in [0, 0.1) is 0 Å². The van der Waals surface area contributed by atoms with E-state index in [-0.39, 0.29) is 44.0 Å². The minimum atomic E-state index is -0.840. The lowest BCUT2D eigenvalue weighted by molar-refractivity contribution is -0.167. The van der Waals surface area contributed by atoms with Gasteiger partial charge in [-0.15, -0.1) is 0 Å². The SMILES string of the molecule is CC/C=C\C/C=C\C/C=C\C/C=C\C/C=C\C/C=C\C/C=C\CCCC(=O)OCC(COC(=O)CCCCCCCCCCCCC)OC(=O)CCC/C=C\C/C=C\C/C=C\C/C=C\C/C=C\C/C=C\C/C=C\CC. The third-order valence-corrected chi connectivity index (χ3v) is 11.7. The minimum absolute atomic E-state index is 0.126. The van der Waals surface area contributed by atoms with Crippen LogP contribution in [-0.2, 0) is 28.6 Å². The predicted octanol–water partition coefficient (Wildman–Crippen LogP) is 20.3. The Morgan fingerprint density at radius 2 is 0.520 bits per heavy atom. The molecule has 0 saturated carbocycles. The number of allylic oxidation sites excluding steroid dienone is 28. The lowest BCUT2D eigenvalue weighted by atomic mass is 10.1. The van der Waals surface area contributed by atoms with Gasteiger partial charge in [-0.2, -0.15) is 0 Å². The lowest BCUT2D eigenvalue weighted by Gasteiger charge is -2.18. The fourth-order valence-corrected chi connectivity index (χ4v) is 7.36. The van der Waals surface area contributed by atoms with Crippen LogP contribution in [0.15, 0.2) is 170 Å². The second kappa shape index (κ2) is 61.3. The molecule has 0 aliphatic rings. The van der Waals surface area contributed by atoms with Crippen LogP contribution in [0.5, 0.6) is 0 Å². The van der Waals surface area contributed by atoms with E-state index in [9.17, 15) is 14.4 Å². The van der Waals surface area contributed by atoms with Crippen LogP contribution in [0.4, 0.5) is 0 Å². The van der Waals surface area contributed by atoms with Gasteiger partial charge in [-0.1, -0.05) is 255 Å². The first kappa shape index (κ1) is 69.8. The zero-order valence-electron chi connectivity index (χ0n) is 47.7. The largest absolute Gasteiger partial charge is 0.462 e. The van der Waals surface area contributed by atoms with E-state index in [1.807, 2.05) is 0 Å². The van der Waals surface area contributed by atoms with Crippen molar-refractivity contribution in [3.8, 4) is 0 Å². The lowest BCUT2D eigenvalue weighted by Crippen LogP contribution is -2.30. The van der Waals surface area contributed by atoms with Gasteiger partial charge in [0.2, 0.25) is 0 Å². The smallest absolute Gasteiger partial charge is 0.306 e. The van der Waals surface area contributed by atoms with E-state index < -0.39 is 6.10 Å². The van der Waals surface area contributed by atoms with Crippen molar-refractivity contribution in [2.24, 2.45) is 0 Å². The Morgan fingerprint density at radius 3 is 0.813 bits per heavy atom. The fraction of sp³-hybridized carbons (Fsp3) is 0.551. The molecular weight excluding hydrogens is 925 g/mol. The molecule has 75 heavy (non-hydrogen) atoms. The maximum absolute atomic E-state index is 12.9. The maximum atomic E-state index is 12.9. The van der Waals surface area contributed by atoms with E-state index in [4.69, 9.17) is 14.2 Å². The topological polar surface area (TPSA) is 78.9 Å². The number of hydrogen-bond acceptors (Lipinski definition) is 6. The number of ether oxygens (including phenoxy) is 3. The number of esters is 3. The average molecular weight is 1030 g/mol. The first-order chi connectivity index (χ1) is 37.0. The van der Waals surface area contributed by atoms with Crippen molar-refractivity contribution in [2.45, 2.75) is 232 Å². The van der Waals surface area contributed by atoms with Crippen LogP contribution in [-0.4, -0.2) is 37.2 Å². The van der Waals surface area contributed by atoms with Crippen molar-refractivity contribution in [1.29, 1.82) is 0 Å². The first-order valence-electron chi connectivity index (χ1n) is 29.6. The summed E-state index contributed by atoms with van der Waals surface area (Å²) in [6.45, 7) is 6.29. The Bertz CT molecular complexity index is 1750. The molecule has 1 atom stereocenters. The highest BCUT2D eigenvalue weighted by Gasteiger charge is 2.19. The Hall–Kier alpha value is -5.23. The molecular formula is C69H106O6. The van der Waals surface area contributed by atoms with Crippen molar-refractivity contribution in [2.75, 3.05) is 13.2 Å². The molecule has 6 heteroatoms. The molecule has 0 aliphatic heterocycles. The molecule has 6 nitrogen and oxygen atoms in total. The highest BCUT2D eigenvalue weighted by atomic mass is 16.6. The molecule has 0 N–H and O–H groups in total. The zero-order valence-corrected chi connectivity index (χ0v) is 47.7. The van der Waals surface area contributed by atoms with Crippen LogP contribution in [0.3, 0.4) is 0 Å². The van der Waals surface area contributed by atoms with Crippen LogP contribution in [0.1, 0.15) is 226 Å².